The van der Waals surface area contributed by atoms with Gasteiger partial charge in [-0.25, -0.2) is 8.42 Å². The van der Waals surface area contributed by atoms with Crippen LogP contribution in [0.2, 0.25) is 0 Å². The summed E-state index contributed by atoms with van der Waals surface area (Å²) in [7, 11) is -4.48. The van der Waals surface area contributed by atoms with Crippen LogP contribution < -0.4 is 0 Å². The van der Waals surface area contributed by atoms with Gasteiger partial charge in [-0.1, -0.05) is 64.7 Å². The average Bonchev–Trinajstić information content (AvgIpc) is 2.24. The van der Waals surface area contributed by atoms with Crippen LogP contribution in [0.15, 0.2) is 0 Å². The first-order valence-electron chi connectivity index (χ1n) is 6.66. The van der Waals surface area contributed by atoms with Gasteiger partial charge in [0.1, 0.15) is 0 Å². The molecule has 6 heteroatoms. The Morgan fingerprint density at radius 1 is 0.833 bits per heavy atom. The summed E-state index contributed by atoms with van der Waals surface area (Å²) in [6.45, 7) is 2.24. The van der Waals surface area contributed by atoms with Crippen molar-refractivity contribution >= 4 is 10.4 Å². The number of hydrogen-bond acceptors (Lipinski definition) is 4. The van der Waals surface area contributed by atoms with Crippen LogP contribution in [0.1, 0.15) is 71.1 Å². The molecule has 0 unspecified atom stereocenters. The van der Waals surface area contributed by atoms with Gasteiger partial charge in [0.25, 0.3) is 0 Å². The summed E-state index contributed by atoms with van der Waals surface area (Å²) in [6, 6.07) is 0. The van der Waals surface area contributed by atoms with E-state index in [0.717, 1.165) is 12.8 Å². The molecule has 0 aliphatic carbocycles. The molecule has 0 aromatic carbocycles. The molecule has 0 saturated carbocycles. The van der Waals surface area contributed by atoms with Crippen LogP contribution in [-0.2, 0) is 37.0 Å². The third-order valence-electron chi connectivity index (χ3n) is 2.73. The van der Waals surface area contributed by atoms with Crippen molar-refractivity contribution in [3.63, 3.8) is 0 Å². The minimum absolute atomic E-state index is 0. The Kier molecular flexibility index (Phi) is 16.3. The molecule has 0 heterocycles. The van der Waals surface area contributed by atoms with E-state index < -0.39 is 10.4 Å². The van der Waals surface area contributed by atoms with Gasteiger partial charge < -0.3 is 4.55 Å². The Morgan fingerprint density at radius 2 is 1.22 bits per heavy atom. The predicted molar refractivity (Wildman–Crippen MR) is 67.5 cm³/mol. The first-order chi connectivity index (χ1) is 8.06. The van der Waals surface area contributed by atoms with Crippen molar-refractivity contribution in [2.24, 2.45) is 0 Å². The van der Waals surface area contributed by atoms with E-state index in [2.05, 4.69) is 11.1 Å². The van der Waals surface area contributed by atoms with Crippen molar-refractivity contribution in [1.82, 2.24) is 0 Å². The van der Waals surface area contributed by atoms with E-state index in [9.17, 15) is 13.0 Å². The van der Waals surface area contributed by atoms with Crippen molar-refractivity contribution in [2.75, 3.05) is 6.61 Å². The first kappa shape index (κ1) is 20.9. The van der Waals surface area contributed by atoms with Crippen molar-refractivity contribution < 1.29 is 39.5 Å². The quantitative estimate of drug-likeness (QED) is 0.228. The second-order valence-corrected chi connectivity index (χ2v) is 5.46. The minimum Gasteiger partial charge on any atom is -0.726 e. The van der Waals surface area contributed by atoms with E-state index in [1.165, 1.54) is 44.9 Å². The fourth-order valence-electron chi connectivity index (χ4n) is 1.75. The van der Waals surface area contributed by atoms with Crippen LogP contribution in [0.4, 0.5) is 0 Å². The molecular weight excluding hydrogens is 348 g/mol. The van der Waals surface area contributed by atoms with E-state index in [4.69, 9.17) is 0 Å². The van der Waals surface area contributed by atoms with Crippen molar-refractivity contribution in [1.29, 1.82) is 0 Å². The molecule has 0 aromatic heterocycles. The van der Waals surface area contributed by atoms with Crippen molar-refractivity contribution in [2.45, 2.75) is 71.1 Å². The van der Waals surface area contributed by atoms with E-state index >= 15 is 0 Å². The standard InChI is InChI=1S/C12H26O4S.Ag/c1-2-3-4-5-6-7-8-9-10-11-12-16-17(13,14)15;/h2-12H2,1H3,(H,13,14,15);/q;+1/p-1. The number of unbranched alkanes of at least 4 members (excludes halogenated alkanes) is 9. The third kappa shape index (κ3) is 19.0. The number of hydrogen-bond donors (Lipinski definition) is 0. The van der Waals surface area contributed by atoms with Crippen LogP contribution >= 0.6 is 0 Å². The summed E-state index contributed by atoms with van der Waals surface area (Å²) in [5, 5.41) is 0. The Bertz CT molecular complexity index is 255. The summed E-state index contributed by atoms with van der Waals surface area (Å²) in [5.41, 5.74) is 0. The maximum atomic E-state index is 10.1. The van der Waals surface area contributed by atoms with Gasteiger partial charge in [-0.05, 0) is 6.42 Å². The van der Waals surface area contributed by atoms with Gasteiger partial charge in [-0.15, -0.1) is 0 Å². The average molecular weight is 373 g/mol. The minimum atomic E-state index is -4.48. The normalized spacial score (nSPS) is 11.2. The van der Waals surface area contributed by atoms with Gasteiger partial charge in [-0.2, -0.15) is 0 Å². The van der Waals surface area contributed by atoms with Gasteiger partial charge >= 0.3 is 22.4 Å². The molecule has 0 aliphatic rings. The molecule has 0 saturated heterocycles. The van der Waals surface area contributed by atoms with E-state index in [1.54, 1.807) is 0 Å². The topological polar surface area (TPSA) is 66.4 Å². The molecule has 0 radical (unpaired) electrons. The van der Waals surface area contributed by atoms with Crippen LogP contribution in [0, 0.1) is 0 Å². The molecule has 4 nitrogen and oxygen atoms in total. The van der Waals surface area contributed by atoms with Gasteiger partial charge in [0.05, 0.1) is 6.61 Å². The monoisotopic (exact) mass is 372 g/mol. The second-order valence-electron chi connectivity index (χ2n) is 4.41. The molecule has 0 fully saturated rings. The third-order valence-corrected chi connectivity index (χ3v) is 3.18. The molecule has 0 aromatic rings. The molecule has 0 bridgehead atoms. The Morgan fingerprint density at radius 3 is 1.61 bits per heavy atom. The Balaban J connectivity index is 0. The molecule has 0 atom stereocenters. The predicted octanol–water partition coefficient (Wildman–Crippen LogP) is 3.38. The zero-order valence-corrected chi connectivity index (χ0v) is 13.4. The summed E-state index contributed by atoms with van der Waals surface area (Å²) in [4.78, 5) is 0. The molecule has 0 spiro atoms. The molecular formula is C12H25AgO4S. The van der Waals surface area contributed by atoms with Crippen LogP contribution in [0.3, 0.4) is 0 Å². The van der Waals surface area contributed by atoms with Gasteiger partial charge in [-0.3, -0.25) is 4.18 Å². The van der Waals surface area contributed by atoms with Gasteiger partial charge in [0.2, 0.25) is 10.4 Å². The van der Waals surface area contributed by atoms with Crippen LogP contribution in [0.25, 0.3) is 0 Å². The van der Waals surface area contributed by atoms with E-state index in [0.29, 0.717) is 6.42 Å². The molecule has 0 aliphatic heterocycles. The van der Waals surface area contributed by atoms with Gasteiger partial charge in [0.15, 0.2) is 0 Å². The maximum Gasteiger partial charge on any atom is 1.00 e. The zero-order valence-electron chi connectivity index (χ0n) is 11.1. The summed E-state index contributed by atoms with van der Waals surface area (Å²) in [6.07, 6.45) is 11.7. The molecule has 0 N–H and O–H groups in total. The van der Waals surface area contributed by atoms with Crippen LogP contribution in [0.5, 0.6) is 0 Å². The van der Waals surface area contributed by atoms with Crippen LogP contribution in [-0.4, -0.2) is 19.6 Å². The Hall–Kier alpha value is 0.610. The molecule has 114 valence electrons. The second kappa shape index (κ2) is 14.0. The molecule has 0 rings (SSSR count). The smallest absolute Gasteiger partial charge is 0.726 e. The molecule has 18 heavy (non-hydrogen) atoms. The fraction of sp³-hybridized carbons (Fsp3) is 1.00. The number of rotatable bonds is 12. The van der Waals surface area contributed by atoms with E-state index in [1.807, 2.05) is 0 Å². The zero-order chi connectivity index (χ0) is 13.0. The largest absolute Gasteiger partial charge is 1.00 e. The van der Waals surface area contributed by atoms with Crippen molar-refractivity contribution in [3.05, 3.63) is 0 Å². The summed E-state index contributed by atoms with van der Waals surface area (Å²) >= 11 is 0. The fourth-order valence-corrected chi connectivity index (χ4v) is 2.07. The van der Waals surface area contributed by atoms with Gasteiger partial charge in [0, 0.05) is 0 Å². The SMILES string of the molecule is CCCCCCCCCCCCOS(=O)(=O)[O-].[Ag+]. The molecule has 0 amide bonds. The maximum absolute atomic E-state index is 10.1. The van der Waals surface area contributed by atoms with Crippen molar-refractivity contribution in [3.8, 4) is 0 Å². The summed E-state index contributed by atoms with van der Waals surface area (Å²) < 4.78 is 34.5. The Labute approximate surface area is 127 Å². The first-order valence-corrected chi connectivity index (χ1v) is 8.00. The van der Waals surface area contributed by atoms with E-state index in [-0.39, 0.29) is 29.0 Å². The summed E-state index contributed by atoms with van der Waals surface area (Å²) in [5.74, 6) is 0.